The fourth-order valence-corrected chi connectivity index (χ4v) is 4.00. The van der Waals surface area contributed by atoms with Gasteiger partial charge in [-0.2, -0.15) is 5.26 Å². The van der Waals surface area contributed by atoms with E-state index in [4.69, 9.17) is 39.8 Å². The number of rotatable bonds is 14. The second-order valence-corrected chi connectivity index (χ2v) is 7.95. The Balaban J connectivity index is 2.12. The molecule has 0 radical (unpaired) electrons. The number of nitrogens with one attached hydrogen (secondary N) is 1. The standard InChI is InChI=1S/C19H27N4O8P/c1-4-14-16(31-32(3)29-11-8-21-2)17(28-13-27-12-26-10-5-7-20)18(30-14)23-9-6-15(24)22-19(23)25/h6,9,14,16-18H,4-5,8,10-13H2,1,3H3,(H,22,24,25)/t14-,16+,17?,18-,32?/m1/s1. The largest absolute Gasteiger partial charge is 0.354 e. The van der Waals surface area contributed by atoms with E-state index in [0.717, 1.165) is 0 Å². The first-order valence-corrected chi connectivity index (χ1v) is 11.6. The number of aromatic amines is 1. The van der Waals surface area contributed by atoms with E-state index in [1.807, 2.05) is 13.0 Å². The zero-order valence-corrected chi connectivity index (χ0v) is 18.9. The summed E-state index contributed by atoms with van der Waals surface area (Å²) in [5.74, 6) is 0. The lowest BCUT2D eigenvalue weighted by atomic mass is 10.1. The number of aromatic nitrogens is 2. The van der Waals surface area contributed by atoms with E-state index in [1.165, 1.54) is 16.8 Å². The van der Waals surface area contributed by atoms with Gasteiger partial charge in [0.1, 0.15) is 32.4 Å². The van der Waals surface area contributed by atoms with Crippen LogP contribution in [0.4, 0.5) is 0 Å². The van der Waals surface area contributed by atoms with Crippen molar-refractivity contribution < 1.29 is 28.0 Å². The summed E-state index contributed by atoms with van der Waals surface area (Å²) in [6.07, 6.45) is -0.464. The van der Waals surface area contributed by atoms with Crippen molar-refractivity contribution >= 4 is 8.38 Å². The molecule has 13 heteroatoms. The minimum Gasteiger partial charge on any atom is -0.354 e. The Bertz CT molecular complexity index is 895. The van der Waals surface area contributed by atoms with Gasteiger partial charge in [-0.25, -0.2) is 11.4 Å². The molecule has 2 heterocycles. The summed E-state index contributed by atoms with van der Waals surface area (Å²) in [4.78, 5) is 29.3. The van der Waals surface area contributed by atoms with Crippen LogP contribution in [-0.2, 0) is 28.0 Å². The van der Waals surface area contributed by atoms with Crippen LogP contribution in [0.5, 0.6) is 0 Å². The van der Waals surface area contributed by atoms with Gasteiger partial charge in [0.15, 0.2) is 14.6 Å². The molecule has 0 spiro atoms. The highest BCUT2D eigenvalue weighted by molar-refractivity contribution is 7.46. The Kier molecular flexibility index (Phi) is 11.5. The molecule has 0 bridgehead atoms. The maximum atomic E-state index is 12.4. The highest BCUT2D eigenvalue weighted by atomic mass is 31.2. The first kappa shape index (κ1) is 26.1. The summed E-state index contributed by atoms with van der Waals surface area (Å²) >= 11 is 0. The monoisotopic (exact) mass is 470 g/mol. The number of ether oxygens (including phenoxy) is 4. The Labute approximate surface area is 186 Å². The van der Waals surface area contributed by atoms with Crippen LogP contribution in [0, 0.1) is 17.9 Å². The molecule has 0 amide bonds. The van der Waals surface area contributed by atoms with Gasteiger partial charge < -0.3 is 32.8 Å². The number of hydrogen-bond donors (Lipinski definition) is 1. The first-order valence-electron chi connectivity index (χ1n) is 9.99. The van der Waals surface area contributed by atoms with Crippen molar-refractivity contribution in [3.05, 3.63) is 44.5 Å². The van der Waals surface area contributed by atoms with Crippen molar-refractivity contribution in [2.75, 3.05) is 40.0 Å². The molecular weight excluding hydrogens is 443 g/mol. The summed E-state index contributed by atoms with van der Waals surface area (Å²) < 4.78 is 35.3. The molecular formula is C19H27N4O8P. The van der Waals surface area contributed by atoms with Gasteiger partial charge in [-0.1, -0.05) is 6.92 Å². The van der Waals surface area contributed by atoms with Gasteiger partial charge in [-0.05, 0) is 6.42 Å². The van der Waals surface area contributed by atoms with Crippen LogP contribution in [0.3, 0.4) is 0 Å². The summed E-state index contributed by atoms with van der Waals surface area (Å²) in [5, 5.41) is 8.51. The van der Waals surface area contributed by atoms with Crippen LogP contribution in [0.2, 0.25) is 0 Å². The number of nitrogens with zero attached hydrogens (tertiary/aromatic N) is 3. The van der Waals surface area contributed by atoms with Gasteiger partial charge in [-0.3, -0.25) is 14.3 Å². The lowest BCUT2D eigenvalue weighted by Gasteiger charge is -2.26. The van der Waals surface area contributed by atoms with E-state index in [-0.39, 0.29) is 39.8 Å². The zero-order chi connectivity index (χ0) is 23.3. The van der Waals surface area contributed by atoms with Crippen LogP contribution >= 0.6 is 8.38 Å². The molecule has 176 valence electrons. The molecule has 1 fully saturated rings. The molecule has 2 rings (SSSR count). The summed E-state index contributed by atoms with van der Waals surface area (Å²) in [6.45, 7) is 11.0. The van der Waals surface area contributed by atoms with Gasteiger partial charge in [0, 0.05) is 18.9 Å². The summed E-state index contributed by atoms with van der Waals surface area (Å²) in [5.41, 5.74) is -1.16. The van der Waals surface area contributed by atoms with Gasteiger partial charge in [0.25, 0.3) is 5.56 Å². The predicted octanol–water partition coefficient (Wildman–Crippen LogP) is 1.35. The first-order chi connectivity index (χ1) is 15.5. The second kappa shape index (κ2) is 14.1. The molecule has 32 heavy (non-hydrogen) atoms. The molecule has 1 aliphatic rings. The minimum absolute atomic E-state index is 0.0680. The van der Waals surface area contributed by atoms with Crippen molar-refractivity contribution in [1.29, 1.82) is 5.26 Å². The molecule has 1 saturated heterocycles. The molecule has 1 aliphatic heterocycles. The molecule has 0 saturated carbocycles. The topological polar surface area (TPSA) is 138 Å². The van der Waals surface area contributed by atoms with E-state index < -0.39 is 44.2 Å². The Morgan fingerprint density at radius 3 is 2.81 bits per heavy atom. The highest BCUT2D eigenvalue weighted by Crippen LogP contribution is 2.43. The fraction of sp³-hybridized carbons (Fsp3) is 0.684. The maximum Gasteiger partial charge on any atom is 0.330 e. The third-order valence-corrected chi connectivity index (χ3v) is 5.51. The van der Waals surface area contributed by atoms with Crippen LogP contribution < -0.4 is 11.2 Å². The van der Waals surface area contributed by atoms with Gasteiger partial charge in [0.2, 0.25) is 6.54 Å². The molecule has 12 nitrogen and oxygen atoms in total. The van der Waals surface area contributed by atoms with Crippen molar-refractivity contribution in [3.63, 3.8) is 0 Å². The van der Waals surface area contributed by atoms with Gasteiger partial charge in [-0.15, -0.1) is 0 Å². The lowest BCUT2D eigenvalue weighted by molar-refractivity contribution is -0.173. The molecule has 5 atom stereocenters. The number of H-pyrrole nitrogens is 1. The average Bonchev–Trinajstić information content (AvgIpc) is 3.10. The zero-order valence-electron chi connectivity index (χ0n) is 18.0. The molecule has 2 unspecified atom stereocenters. The van der Waals surface area contributed by atoms with E-state index in [0.29, 0.717) is 6.42 Å². The fourth-order valence-electron chi connectivity index (χ4n) is 3.01. The summed E-state index contributed by atoms with van der Waals surface area (Å²) in [7, 11) is -1.34. The lowest BCUT2D eigenvalue weighted by Crippen LogP contribution is -2.40. The second-order valence-electron chi connectivity index (χ2n) is 6.60. The smallest absolute Gasteiger partial charge is 0.330 e. The van der Waals surface area contributed by atoms with Crippen LogP contribution in [0.1, 0.15) is 26.0 Å². The average molecular weight is 470 g/mol. The Morgan fingerprint density at radius 2 is 2.12 bits per heavy atom. The van der Waals surface area contributed by atoms with Crippen LogP contribution in [0.15, 0.2) is 21.9 Å². The molecule has 1 aromatic rings. The number of nitriles is 1. The maximum absolute atomic E-state index is 12.4. The van der Waals surface area contributed by atoms with E-state index >= 15 is 0 Å². The quantitative estimate of drug-likeness (QED) is 0.185. The molecule has 1 N–H and O–H groups in total. The Hall–Kier alpha value is -2.15. The summed E-state index contributed by atoms with van der Waals surface area (Å²) in [6, 6.07) is 3.18. The van der Waals surface area contributed by atoms with Crippen molar-refractivity contribution in [2.24, 2.45) is 0 Å². The highest BCUT2D eigenvalue weighted by Gasteiger charge is 2.48. The van der Waals surface area contributed by atoms with Gasteiger partial charge in [0.05, 0.1) is 25.2 Å². The van der Waals surface area contributed by atoms with E-state index in [2.05, 4.69) is 9.83 Å². The minimum atomic E-state index is -1.34. The third-order valence-electron chi connectivity index (χ3n) is 4.43. The molecule has 1 aromatic heterocycles. The Morgan fingerprint density at radius 1 is 1.31 bits per heavy atom. The van der Waals surface area contributed by atoms with Crippen molar-refractivity contribution in [1.82, 2.24) is 9.55 Å². The van der Waals surface area contributed by atoms with E-state index in [1.54, 1.807) is 6.66 Å². The normalized spacial score (nSPS) is 23.5. The predicted molar refractivity (Wildman–Crippen MR) is 113 cm³/mol. The third kappa shape index (κ3) is 7.76. The SMILES string of the molecule is [C-]#[N+]CCOP(C)O[C@@H]1C(OCOCOCCC#N)[C@H](n2ccc(=O)[nH]c2=O)O[C@@H]1CC. The van der Waals surface area contributed by atoms with Crippen LogP contribution in [0.25, 0.3) is 4.85 Å². The van der Waals surface area contributed by atoms with Crippen molar-refractivity contribution in [2.45, 2.75) is 44.3 Å². The van der Waals surface area contributed by atoms with Gasteiger partial charge >= 0.3 is 5.69 Å². The van der Waals surface area contributed by atoms with Crippen molar-refractivity contribution in [3.8, 4) is 6.07 Å². The number of hydrogen-bond acceptors (Lipinski definition) is 9. The molecule has 0 aromatic carbocycles. The molecule has 0 aliphatic carbocycles. The van der Waals surface area contributed by atoms with E-state index in [9.17, 15) is 9.59 Å². The van der Waals surface area contributed by atoms with Crippen LogP contribution in [-0.4, -0.2) is 67.9 Å².